The predicted molar refractivity (Wildman–Crippen MR) is 87.8 cm³/mol. The minimum Gasteiger partial charge on any atom is -0.480 e. The van der Waals surface area contributed by atoms with Crippen LogP contribution in [0.15, 0.2) is 24.3 Å². The van der Waals surface area contributed by atoms with E-state index in [0.717, 1.165) is 31.0 Å². The Kier molecular flexibility index (Phi) is 4.94. The van der Waals surface area contributed by atoms with Gasteiger partial charge in [0.05, 0.1) is 0 Å². The molecule has 2 aliphatic rings. The Morgan fingerprint density at radius 1 is 1.08 bits per heavy atom. The van der Waals surface area contributed by atoms with E-state index in [4.69, 9.17) is 0 Å². The zero-order valence-corrected chi connectivity index (χ0v) is 13.6. The van der Waals surface area contributed by atoms with E-state index in [0.29, 0.717) is 17.5 Å². The average Bonchev–Trinajstić information content (AvgIpc) is 3.07. The molecular weight excluding hydrogens is 308 g/mol. The molecule has 2 amide bonds. The first kappa shape index (κ1) is 16.6. The van der Waals surface area contributed by atoms with Gasteiger partial charge in [-0.25, -0.2) is 0 Å². The molecule has 0 radical (unpaired) electrons. The molecule has 0 aliphatic carbocycles. The number of rotatable bonds is 6. The first-order valence-electron chi connectivity index (χ1n) is 8.49. The lowest BCUT2D eigenvalue weighted by Gasteiger charge is -2.30. The molecule has 1 saturated heterocycles. The summed E-state index contributed by atoms with van der Waals surface area (Å²) in [6, 6.07) is 6.49. The Morgan fingerprint density at radius 2 is 1.75 bits per heavy atom. The number of aliphatic carboxylic acids is 1. The Balaban J connectivity index is 1.68. The van der Waals surface area contributed by atoms with Crippen LogP contribution < -0.4 is 0 Å². The number of carbonyl (C=O) groups is 3. The van der Waals surface area contributed by atoms with E-state index in [9.17, 15) is 19.5 Å². The van der Waals surface area contributed by atoms with Crippen molar-refractivity contribution in [3.05, 3.63) is 35.4 Å². The summed E-state index contributed by atoms with van der Waals surface area (Å²) in [5, 5.41) is 9.41. The van der Waals surface area contributed by atoms with Crippen molar-refractivity contribution in [3.8, 4) is 0 Å². The minimum absolute atomic E-state index is 0.281. The largest absolute Gasteiger partial charge is 0.480 e. The van der Waals surface area contributed by atoms with Crippen molar-refractivity contribution in [2.75, 3.05) is 26.2 Å². The van der Waals surface area contributed by atoms with Gasteiger partial charge in [0, 0.05) is 12.1 Å². The topological polar surface area (TPSA) is 77.9 Å². The van der Waals surface area contributed by atoms with Gasteiger partial charge < -0.3 is 10.0 Å². The minimum atomic E-state index is -1.28. The number of likely N-dealkylation sites (tertiary alicyclic amines) is 1. The first-order chi connectivity index (χ1) is 11.6. The Bertz CT molecular complexity index is 652. The van der Waals surface area contributed by atoms with Crippen LogP contribution in [0.3, 0.4) is 0 Å². The van der Waals surface area contributed by atoms with Crippen LogP contribution in [0.1, 0.15) is 47.5 Å². The average molecular weight is 330 g/mol. The Hall–Kier alpha value is -2.21. The third kappa shape index (κ3) is 3.19. The van der Waals surface area contributed by atoms with Crippen LogP contribution in [0.4, 0.5) is 0 Å². The van der Waals surface area contributed by atoms with Crippen molar-refractivity contribution < 1.29 is 19.5 Å². The first-order valence-corrected chi connectivity index (χ1v) is 8.49. The number of carboxylic acids is 1. The van der Waals surface area contributed by atoms with Crippen molar-refractivity contribution in [2.45, 2.75) is 31.6 Å². The number of hydrogen-bond donors (Lipinski definition) is 1. The smallest absolute Gasteiger partial charge is 0.320 e. The summed E-state index contributed by atoms with van der Waals surface area (Å²) in [6.07, 6.45) is 4.07. The third-order valence-electron chi connectivity index (χ3n) is 4.81. The fourth-order valence-electron chi connectivity index (χ4n) is 3.54. The standard InChI is InChI=1S/C18H22N2O4/c21-16-14-8-2-1-7-13(14)15(18(23)24)17(22)20(16)12-6-5-11-19-9-3-4-10-19/h1-2,7-8,15H,3-6,9-12H2,(H,23,24). The number of hydrogen-bond acceptors (Lipinski definition) is 4. The molecule has 0 aromatic heterocycles. The van der Waals surface area contributed by atoms with Gasteiger partial charge in [-0.05, 0) is 56.9 Å². The number of benzene rings is 1. The molecule has 6 heteroatoms. The molecular formula is C18H22N2O4. The Labute approximate surface area is 141 Å². The molecule has 2 heterocycles. The molecule has 1 fully saturated rings. The second-order valence-electron chi connectivity index (χ2n) is 6.41. The highest BCUT2D eigenvalue weighted by atomic mass is 16.4. The van der Waals surface area contributed by atoms with Crippen molar-refractivity contribution in [2.24, 2.45) is 0 Å². The van der Waals surface area contributed by atoms with Gasteiger partial charge in [-0.15, -0.1) is 0 Å². The van der Waals surface area contributed by atoms with Crippen LogP contribution in [0.2, 0.25) is 0 Å². The number of fused-ring (bicyclic) bond motifs is 1. The van der Waals surface area contributed by atoms with Gasteiger partial charge in [-0.2, -0.15) is 0 Å². The van der Waals surface area contributed by atoms with Crippen LogP contribution in [-0.4, -0.2) is 58.9 Å². The number of unbranched alkanes of at least 4 members (excludes halogenated alkanes) is 1. The predicted octanol–water partition coefficient (Wildman–Crippen LogP) is 1.71. The molecule has 0 bridgehead atoms. The molecule has 0 saturated carbocycles. The molecule has 3 rings (SSSR count). The zero-order chi connectivity index (χ0) is 17.1. The lowest BCUT2D eigenvalue weighted by Crippen LogP contribution is -2.47. The molecule has 24 heavy (non-hydrogen) atoms. The SMILES string of the molecule is O=C(O)C1C(=O)N(CCCCN2CCCC2)C(=O)c2ccccc21. The van der Waals surface area contributed by atoms with E-state index in [1.807, 2.05) is 0 Å². The van der Waals surface area contributed by atoms with Gasteiger partial charge in [-0.1, -0.05) is 18.2 Å². The number of carboxylic acid groups (broad SMARTS) is 1. The van der Waals surface area contributed by atoms with E-state index >= 15 is 0 Å². The van der Waals surface area contributed by atoms with Gasteiger partial charge in [0.25, 0.3) is 5.91 Å². The van der Waals surface area contributed by atoms with E-state index in [1.165, 1.54) is 12.8 Å². The van der Waals surface area contributed by atoms with Gasteiger partial charge >= 0.3 is 5.97 Å². The van der Waals surface area contributed by atoms with Crippen molar-refractivity contribution in [1.82, 2.24) is 9.80 Å². The van der Waals surface area contributed by atoms with E-state index in [2.05, 4.69) is 4.90 Å². The molecule has 2 aliphatic heterocycles. The summed E-state index contributed by atoms with van der Waals surface area (Å²) in [4.78, 5) is 40.1. The lowest BCUT2D eigenvalue weighted by molar-refractivity contribution is -0.146. The maximum absolute atomic E-state index is 12.5. The maximum Gasteiger partial charge on any atom is 0.320 e. The van der Waals surface area contributed by atoms with Crippen molar-refractivity contribution in [3.63, 3.8) is 0 Å². The van der Waals surface area contributed by atoms with E-state index < -0.39 is 17.8 Å². The van der Waals surface area contributed by atoms with Crippen molar-refractivity contribution >= 4 is 17.8 Å². The second-order valence-corrected chi connectivity index (χ2v) is 6.41. The fraction of sp³-hybridized carbons (Fsp3) is 0.500. The molecule has 1 aromatic rings. The number of amides is 2. The summed E-state index contributed by atoms with van der Waals surface area (Å²) in [7, 11) is 0. The normalized spacial score (nSPS) is 21.2. The van der Waals surface area contributed by atoms with Gasteiger partial charge in [0.15, 0.2) is 5.92 Å². The second kappa shape index (κ2) is 7.13. The molecule has 1 aromatic carbocycles. The van der Waals surface area contributed by atoms with E-state index in [1.54, 1.807) is 24.3 Å². The summed E-state index contributed by atoms with van der Waals surface area (Å²) >= 11 is 0. The molecule has 1 unspecified atom stereocenters. The molecule has 128 valence electrons. The summed E-state index contributed by atoms with van der Waals surface area (Å²) in [5.74, 6) is -3.49. The highest BCUT2D eigenvalue weighted by molar-refractivity contribution is 6.17. The van der Waals surface area contributed by atoms with Crippen LogP contribution in [0.5, 0.6) is 0 Å². The third-order valence-corrected chi connectivity index (χ3v) is 4.81. The van der Waals surface area contributed by atoms with Gasteiger partial charge in [-0.3, -0.25) is 19.3 Å². The highest BCUT2D eigenvalue weighted by Gasteiger charge is 2.42. The quantitative estimate of drug-likeness (QED) is 0.488. The van der Waals surface area contributed by atoms with Gasteiger partial charge in [0.2, 0.25) is 5.91 Å². The van der Waals surface area contributed by atoms with E-state index in [-0.39, 0.29) is 12.5 Å². The zero-order valence-electron chi connectivity index (χ0n) is 13.6. The summed E-state index contributed by atoms with van der Waals surface area (Å²) in [6.45, 7) is 3.49. The monoisotopic (exact) mass is 330 g/mol. The molecule has 1 atom stereocenters. The van der Waals surface area contributed by atoms with Crippen LogP contribution >= 0.6 is 0 Å². The molecule has 6 nitrogen and oxygen atoms in total. The number of imide groups is 1. The molecule has 1 N–H and O–H groups in total. The maximum atomic E-state index is 12.5. The number of nitrogens with zero attached hydrogens (tertiary/aromatic N) is 2. The summed E-state index contributed by atoms with van der Waals surface area (Å²) < 4.78 is 0. The number of carbonyl (C=O) groups excluding carboxylic acids is 2. The van der Waals surface area contributed by atoms with Crippen LogP contribution in [0, 0.1) is 0 Å². The molecule has 0 spiro atoms. The fourth-order valence-corrected chi connectivity index (χ4v) is 3.54. The highest BCUT2D eigenvalue weighted by Crippen LogP contribution is 2.29. The van der Waals surface area contributed by atoms with Crippen molar-refractivity contribution in [1.29, 1.82) is 0 Å². The van der Waals surface area contributed by atoms with Crippen LogP contribution in [-0.2, 0) is 9.59 Å². The van der Waals surface area contributed by atoms with Crippen LogP contribution in [0.25, 0.3) is 0 Å². The Morgan fingerprint density at radius 3 is 2.46 bits per heavy atom. The van der Waals surface area contributed by atoms with Gasteiger partial charge in [0.1, 0.15) is 0 Å². The lowest BCUT2D eigenvalue weighted by atomic mass is 9.88. The summed E-state index contributed by atoms with van der Waals surface area (Å²) in [5.41, 5.74) is 0.623.